The molecule has 4 rings (SSSR count). The van der Waals surface area contributed by atoms with Gasteiger partial charge in [-0.3, -0.25) is 9.69 Å². The summed E-state index contributed by atoms with van der Waals surface area (Å²) in [4.78, 5) is 22.0. The molecule has 0 aliphatic heterocycles. The number of hydrogen-bond acceptors (Lipinski definition) is 4. The van der Waals surface area contributed by atoms with E-state index in [-0.39, 0.29) is 5.91 Å². The second-order valence-corrected chi connectivity index (χ2v) is 8.87. The van der Waals surface area contributed by atoms with Crippen LogP contribution in [0.2, 0.25) is 0 Å². The van der Waals surface area contributed by atoms with Crippen molar-refractivity contribution in [3.05, 3.63) is 114 Å². The predicted octanol–water partition coefficient (Wildman–Crippen LogP) is 5.69. The molecule has 6 heteroatoms. The highest BCUT2D eigenvalue weighted by molar-refractivity contribution is 6.28. The molecule has 0 unspecified atom stereocenters. The van der Waals surface area contributed by atoms with Gasteiger partial charge in [0, 0.05) is 11.1 Å². The molecule has 194 valence electrons. The van der Waals surface area contributed by atoms with Gasteiger partial charge in [-0.1, -0.05) is 30.3 Å². The van der Waals surface area contributed by atoms with Gasteiger partial charge < -0.3 is 14.4 Å². The van der Waals surface area contributed by atoms with Crippen molar-refractivity contribution in [2.75, 3.05) is 32.2 Å². The van der Waals surface area contributed by atoms with Crippen LogP contribution in [0.15, 0.2) is 108 Å². The first-order chi connectivity index (χ1) is 18.5. The molecule has 0 aromatic heterocycles. The molecule has 4 aromatic carbocycles. The van der Waals surface area contributed by atoms with E-state index in [0.717, 1.165) is 22.7 Å². The first-order valence-electron chi connectivity index (χ1n) is 12.8. The molecule has 0 fully saturated rings. The molecule has 0 heterocycles. The zero-order valence-corrected chi connectivity index (χ0v) is 22.3. The molecule has 1 N–H and O–H groups in total. The average molecular weight is 509 g/mol. The number of ether oxygens (including phenoxy) is 2. The third-order valence-electron chi connectivity index (χ3n) is 5.94. The molecule has 0 aliphatic carbocycles. The van der Waals surface area contributed by atoms with Gasteiger partial charge >= 0.3 is 0 Å². The largest absolute Gasteiger partial charge is 0.494 e. The highest BCUT2D eigenvalue weighted by atomic mass is 16.5. The maximum atomic E-state index is 14.2. The smallest absolute Gasteiger partial charge is 0.264 e. The molecular weight excluding hydrogens is 474 g/mol. The molecular formula is C32H34N3O3+. The van der Waals surface area contributed by atoms with E-state index in [1.807, 2.05) is 117 Å². The zero-order chi connectivity index (χ0) is 26.9. The summed E-state index contributed by atoms with van der Waals surface area (Å²) < 4.78 is 11.2. The molecule has 6 nitrogen and oxygen atoms in total. The lowest BCUT2D eigenvalue weighted by molar-refractivity contribution is -0.786. The summed E-state index contributed by atoms with van der Waals surface area (Å²) in [6.45, 7) is 5.05. The molecule has 0 saturated heterocycles. The molecule has 0 atom stereocenters. The summed E-state index contributed by atoms with van der Waals surface area (Å²) in [6, 6.07) is 32.5. The van der Waals surface area contributed by atoms with Gasteiger partial charge in [0.05, 0.1) is 38.7 Å². The number of carbonyl (C=O) groups is 1. The van der Waals surface area contributed by atoms with Crippen molar-refractivity contribution in [3.8, 4) is 11.5 Å². The lowest BCUT2D eigenvalue weighted by atomic mass is 10.1. The van der Waals surface area contributed by atoms with E-state index in [1.165, 1.54) is 4.90 Å². The topological polar surface area (TPSA) is 55.6 Å². The van der Waals surface area contributed by atoms with E-state index >= 15 is 0 Å². The van der Waals surface area contributed by atoms with Crippen molar-refractivity contribution in [1.29, 1.82) is 0 Å². The normalized spacial score (nSPS) is 11.3. The molecule has 0 saturated carbocycles. The van der Waals surface area contributed by atoms with Crippen LogP contribution in [0.5, 0.6) is 11.5 Å². The Labute approximate surface area is 224 Å². The van der Waals surface area contributed by atoms with Crippen LogP contribution in [0.1, 0.15) is 29.8 Å². The number of amides is 1. The van der Waals surface area contributed by atoms with Crippen molar-refractivity contribution in [1.82, 2.24) is 0 Å². The minimum Gasteiger partial charge on any atom is -0.494 e. The Morgan fingerprint density at radius 3 is 1.79 bits per heavy atom. The van der Waals surface area contributed by atoms with Crippen LogP contribution in [0.4, 0.5) is 17.1 Å². The van der Waals surface area contributed by atoms with Crippen molar-refractivity contribution in [2.45, 2.75) is 13.8 Å². The number of carbonyl (C=O) groups excluding carboxylic acids is 1. The van der Waals surface area contributed by atoms with Crippen molar-refractivity contribution >= 4 is 28.8 Å². The lowest BCUT2D eigenvalue weighted by Gasteiger charge is -2.25. The number of benzene rings is 4. The van der Waals surface area contributed by atoms with Crippen LogP contribution in [0, 0.1) is 0 Å². The van der Waals surface area contributed by atoms with Crippen molar-refractivity contribution in [3.63, 3.8) is 0 Å². The standard InChI is InChI=1S/C32H33N3O3/c1-5-37-29-20-14-26(15-21-29)33-31(24-10-8-7-9-11-24)35(28-18-22-30(23-19-28)38-6-2)32(36)25-12-16-27(17-13-25)34(3)4/h7-23H,5-6H2,1-4H3/p+1. The number of rotatable bonds is 9. The van der Waals surface area contributed by atoms with Gasteiger partial charge in [-0.2, -0.15) is 0 Å². The minimum atomic E-state index is -0.178. The quantitative estimate of drug-likeness (QED) is 0.234. The molecule has 0 bridgehead atoms. The van der Waals surface area contributed by atoms with E-state index in [9.17, 15) is 4.79 Å². The van der Waals surface area contributed by atoms with Crippen molar-refractivity contribution in [2.24, 2.45) is 4.99 Å². The third kappa shape index (κ3) is 6.47. The number of anilines is 1. The van der Waals surface area contributed by atoms with Crippen LogP contribution in [-0.4, -0.2) is 39.1 Å². The Balaban J connectivity index is 1.85. The molecule has 0 radical (unpaired) electrons. The second kappa shape index (κ2) is 12.7. The summed E-state index contributed by atoms with van der Waals surface area (Å²) in [5.41, 5.74) is 3.88. The summed E-state index contributed by atoms with van der Waals surface area (Å²) in [7, 11) is 4.11. The third-order valence-corrected chi connectivity index (χ3v) is 5.94. The fourth-order valence-electron chi connectivity index (χ4n) is 4.01. The number of nitrogens with one attached hydrogen (secondary N) is 1. The van der Waals surface area contributed by atoms with E-state index in [4.69, 9.17) is 14.5 Å². The monoisotopic (exact) mass is 508 g/mol. The first-order valence-corrected chi connectivity index (χ1v) is 12.8. The Bertz CT molecular complexity index is 1350. The van der Waals surface area contributed by atoms with Gasteiger partial charge in [0.25, 0.3) is 5.91 Å². The maximum Gasteiger partial charge on any atom is 0.264 e. The maximum absolute atomic E-state index is 14.2. The summed E-state index contributed by atoms with van der Waals surface area (Å²) in [5.74, 6) is 1.86. The Morgan fingerprint density at radius 1 is 0.711 bits per heavy atom. The van der Waals surface area contributed by atoms with E-state index in [0.29, 0.717) is 36.0 Å². The van der Waals surface area contributed by atoms with Crippen LogP contribution in [0.3, 0.4) is 0 Å². The fourth-order valence-corrected chi connectivity index (χ4v) is 4.01. The summed E-state index contributed by atoms with van der Waals surface area (Å²) >= 11 is 0. The number of quaternary nitrogens is 1. The van der Waals surface area contributed by atoms with Crippen LogP contribution in [-0.2, 0) is 0 Å². The lowest BCUT2D eigenvalue weighted by Crippen LogP contribution is -3.00. The molecule has 38 heavy (non-hydrogen) atoms. The van der Waals surface area contributed by atoms with Gasteiger partial charge in [-0.25, -0.2) is 4.99 Å². The second-order valence-electron chi connectivity index (χ2n) is 8.87. The predicted molar refractivity (Wildman–Crippen MR) is 154 cm³/mol. The van der Waals surface area contributed by atoms with Gasteiger partial charge in [0.1, 0.15) is 23.0 Å². The van der Waals surface area contributed by atoms with Crippen LogP contribution in [0.25, 0.3) is 0 Å². The number of amidine groups is 1. The van der Waals surface area contributed by atoms with Crippen molar-refractivity contribution < 1.29 is 19.2 Å². The van der Waals surface area contributed by atoms with Crippen LogP contribution < -0.4 is 19.3 Å². The number of nitrogens with zero attached hydrogens (tertiary/aromatic N) is 2. The molecule has 0 spiro atoms. The SMILES string of the molecule is CCOc1ccc(N=C(c2ccccc2)N(C(=O)c2ccc([NH+](C)C)cc2)c2ccc(OCC)cc2)cc1. The van der Waals surface area contributed by atoms with E-state index < -0.39 is 0 Å². The van der Waals surface area contributed by atoms with Gasteiger partial charge in [0.2, 0.25) is 0 Å². The molecule has 0 aliphatic rings. The average Bonchev–Trinajstić information content (AvgIpc) is 2.95. The Hall–Kier alpha value is -4.42. The highest BCUT2D eigenvalue weighted by Gasteiger charge is 2.25. The fraction of sp³-hybridized carbons (Fsp3) is 0.188. The summed E-state index contributed by atoms with van der Waals surface area (Å²) in [5, 5.41) is 0. The zero-order valence-electron chi connectivity index (χ0n) is 22.3. The Morgan fingerprint density at radius 2 is 1.26 bits per heavy atom. The van der Waals surface area contributed by atoms with E-state index in [2.05, 4.69) is 14.1 Å². The highest BCUT2D eigenvalue weighted by Crippen LogP contribution is 2.27. The van der Waals surface area contributed by atoms with E-state index in [1.54, 1.807) is 4.90 Å². The number of hydrogen-bond donors (Lipinski definition) is 1. The van der Waals surface area contributed by atoms with Crippen LogP contribution >= 0.6 is 0 Å². The summed E-state index contributed by atoms with van der Waals surface area (Å²) in [6.07, 6.45) is 0. The molecule has 4 aromatic rings. The number of aliphatic imine (C=N–C) groups is 1. The molecule has 1 amide bonds. The van der Waals surface area contributed by atoms with Gasteiger partial charge in [-0.05, 0) is 86.6 Å². The minimum absolute atomic E-state index is 0.178. The van der Waals surface area contributed by atoms with Gasteiger partial charge in [0.15, 0.2) is 0 Å². The Kier molecular flexibility index (Phi) is 8.90. The van der Waals surface area contributed by atoms with Gasteiger partial charge in [-0.15, -0.1) is 0 Å². The first kappa shape index (κ1) is 26.6.